The fourth-order valence-corrected chi connectivity index (χ4v) is 4.26. The fourth-order valence-electron chi connectivity index (χ4n) is 3.89. The predicted octanol–water partition coefficient (Wildman–Crippen LogP) is 4.65. The molecule has 2 nitrogen and oxygen atoms in total. The second-order valence-corrected chi connectivity index (χ2v) is 7.56. The molecule has 0 bridgehead atoms. The van der Waals surface area contributed by atoms with E-state index in [9.17, 15) is 4.39 Å². The number of fused-ring (bicyclic) bond motifs is 3. The monoisotopic (exact) mass is 386 g/mol. The topological polar surface area (TPSA) is 30.9 Å². The van der Waals surface area contributed by atoms with Crippen molar-refractivity contribution in [2.75, 3.05) is 6.54 Å². The van der Waals surface area contributed by atoms with Gasteiger partial charge in [0.05, 0.1) is 0 Å². The van der Waals surface area contributed by atoms with Crippen molar-refractivity contribution in [3.63, 3.8) is 0 Å². The Morgan fingerprint density at radius 2 is 2.08 bits per heavy atom. The number of nitrogens with two attached hydrogens (primary N) is 1. The summed E-state index contributed by atoms with van der Waals surface area (Å²) in [6, 6.07) is 13.3. The number of rotatable bonds is 3. The first-order chi connectivity index (χ1) is 11.7. The standard InChI is InChI=1S/C20H20BrFN2/c21-15-5-7-20-18(10-15)17-9-13(11-23)4-6-19(17)24(20)12-14-2-1-3-16(22)8-14/h1-3,5,7-8,10,13H,4,6,9,11-12,23H2. The first-order valence-electron chi connectivity index (χ1n) is 8.39. The molecule has 0 amide bonds. The molecule has 2 aromatic carbocycles. The van der Waals surface area contributed by atoms with Gasteiger partial charge in [-0.15, -0.1) is 0 Å². The Morgan fingerprint density at radius 3 is 2.88 bits per heavy atom. The summed E-state index contributed by atoms with van der Waals surface area (Å²) in [5.74, 6) is 0.383. The zero-order valence-corrected chi connectivity index (χ0v) is 15.0. The highest BCUT2D eigenvalue weighted by Gasteiger charge is 2.24. The molecule has 4 rings (SSSR count). The van der Waals surface area contributed by atoms with Crippen LogP contribution in [0.2, 0.25) is 0 Å². The van der Waals surface area contributed by atoms with E-state index in [1.165, 1.54) is 28.2 Å². The van der Waals surface area contributed by atoms with Gasteiger partial charge in [-0.2, -0.15) is 0 Å². The fraction of sp³-hybridized carbons (Fsp3) is 0.300. The maximum atomic E-state index is 13.6. The number of hydrogen-bond donors (Lipinski definition) is 1. The summed E-state index contributed by atoms with van der Waals surface area (Å²) in [5, 5.41) is 1.30. The van der Waals surface area contributed by atoms with Gasteiger partial charge in [0.15, 0.2) is 0 Å². The maximum absolute atomic E-state index is 13.6. The molecule has 0 saturated heterocycles. The van der Waals surface area contributed by atoms with E-state index >= 15 is 0 Å². The summed E-state index contributed by atoms with van der Waals surface area (Å²) < 4.78 is 17.0. The quantitative estimate of drug-likeness (QED) is 0.697. The number of benzene rings is 2. The lowest BCUT2D eigenvalue weighted by molar-refractivity contribution is 0.459. The molecule has 0 aliphatic heterocycles. The molecule has 2 N–H and O–H groups in total. The van der Waals surface area contributed by atoms with E-state index in [2.05, 4.69) is 38.7 Å². The van der Waals surface area contributed by atoms with Crippen LogP contribution in [0, 0.1) is 11.7 Å². The van der Waals surface area contributed by atoms with Crippen molar-refractivity contribution in [3.8, 4) is 0 Å². The molecular formula is C20H20BrFN2. The summed E-state index contributed by atoms with van der Waals surface area (Å²) in [7, 11) is 0. The first-order valence-corrected chi connectivity index (χ1v) is 9.19. The molecule has 24 heavy (non-hydrogen) atoms. The molecule has 1 atom stereocenters. The van der Waals surface area contributed by atoms with Gasteiger partial charge >= 0.3 is 0 Å². The average Bonchev–Trinajstić information content (AvgIpc) is 2.87. The van der Waals surface area contributed by atoms with Gasteiger partial charge in [0.1, 0.15) is 5.82 Å². The largest absolute Gasteiger partial charge is 0.340 e. The van der Waals surface area contributed by atoms with E-state index in [4.69, 9.17) is 5.73 Å². The Balaban J connectivity index is 1.86. The number of halogens is 2. The second-order valence-electron chi connectivity index (χ2n) is 6.65. The highest BCUT2D eigenvalue weighted by molar-refractivity contribution is 9.10. The molecule has 3 aromatic rings. The van der Waals surface area contributed by atoms with Crippen LogP contribution < -0.4 is 5.73 Å². The van der Waals surface area contributed by atoms with Gasteiger partial charge in [0.2, 0.25) is 0 Å². The van der Waals surface area contributed by atoms with Crippen molar-refractivity contribution in [1.82, 2.24) is 4.57 Å². The SMILES string of the molecule is NCC1CCc2c(c3cc(Br)ccc3n2Cc2cccc(F)c2)C1. The van der Waals surface area contributed by atoms with Crippen LogP contribution in [0.15, 0.2) is 46.9 Å². The minimum absolute atomic E-state index is 0.177. The Labute approximate surface area is 149 Å². The number of hydrogen-bond acceptors (Lipinski definition) is 1. The van der Waals surface area contributed by atoms with Crippen LogP contribution >= 0.6 is 15.9 Å². The molecule has 0 spiro atoms. The molecule has 0 radical (unpaired) electrons. The molecule has 1 aliphatic rings. The second kappa shape index (κ2) is 6.34. The van der Waals surface area contributed by atoms with Gasteiger partial charge in [-0.05, 0) is 73.2 Å². The molecule has 1 unspecified atom stereocenters. The smallest absolute Gasteiger partial charge is 0.123 e. The minimum Gasteiger partial charge on any atom is -0.340 e. The van der Waals surface area contributed by atoms with Crippen LogP contribution in [0.3, 0.4) is 0 Å². The lowest BCUT2D eigenvalue weighted by Crippen LogP contribution is -2.23. The molecule has 1 aliphatic carbocycles. The summed E-state index contributed by atoms with van der Waals surface area (Å²) in [6.07, 6.45) is 3.21. The molecule has 4 heteroatoms. The average molecular weight is 387 g/mol. The van der Waals surface area contributed by atoms with Gasteiger partial charge in [0.25, 0.3) is 0 Å². The van der Waals surface area contributed by atoms with Crippen LogP contribution in [0.1, 0.15) is 23.2 Å². The summed E-state index contributed by atoms with van der Waals surface area (Å²) in [4.78, 5) is 0. The van der Waals surface area contributed by atoms with Crippen molar-refractivity contribution in [3.05, 3.63) is 69.6 Å². The summed E-state index contributed by atoms with van der Waals surface area (Å²) >= 11 is 3.59. The number of aromatic nitrogens is 1. The van der Waals surface area contributed by atoms with Crippen LogP contribution in [0.4, 0.5) is 4.39 Å². The Morgan fingerprint density at radius 1 is 1.21 bits per heavy atom. The van der Waals surface area contributed by atoms with Gasteiger partial charge in [-0.25, -0.2) is 4.39 Å². The van der Waals surface area contributed by atoms with E-state index in [0.717, 1.165) is 35.8 Å². The van der Waals surface area contributed by atoms with Crippen LogP contribution in [-0.4, -0.2) is 11.1 Å². The lowest BCUT2D eigenvalue weighted by atomic mass is 9.86. The van der Waals surface area contributed by atoms with Crippen molar-refractivity contribution in [2.24, 2.45) is 11.7 Å². The lowest BCUT2D eigenvalue weighted by Gasteiger charge is -2.23. The summed E-state index contributed by atoms with van der Waals surface area (Å²) in [5.41, 5.74) is 11.0. The van der Waals surface area contributed by atoms with Gasteiger partial charge in [-0.3, -0.25) is 0 Å². The van der Waals surface area contributed by atoms with Crippen LogP contribution in [0.5, 0.6) is 0 Å². The summed E-state index contributed by atoms with van der Waals surface area (Å²) in [6.45, 7) is 1.45. The Bertz CT molecular complexity index is 900. The van der Waals surface area contributed by atoms with E-state index in [1.54, 1.807) is 12.1 Å². The molecular weight excluding hydrogens is 367 g/mol. The molecule has 124 valence electrons. The van der Waals surface area contributed by atoms with Crippen molar-refractivity contribution in [2.45, 2.75) is 25.8 Å². The van der Waals surface area contributed by atoms with Crippen molar-refractivity contribution < 1.29 is 4.39 Å². The van der Waals surface area contributed by atoms with E-state index in [0.29, 0.717) is 12.5 Å². The third kappa shape index (κ3) is 2.78. The maximum Gasteiger partial charge on any atom is 0.123 e. The highest BCUT2D eigenvalue weighted by atomic mass is 79.9. The first kappa shape index (κ1) is 15.9. The number of nitrogens with zero attached hydrogens (tertiary/aromatic N) is 1. The third-order valence-electron chi connectivity index (χ3n) is 5.09. The van der Waals surface area contributed by atoms with Gasteiger partial charge in [-0.1, -0.05) is 28.1 Å². The Hall–Kier alpha value is -1.65. The van der Waals surface area contributed by atoms with Gasteiger partial charge in [0, 0.05) is 27.6 Å². The molecule has 1 heterocycles. The molecule has 1 aromatic heterocycles. The minimum atomic E-state index is -0.177. The van der Waals surface area contributed by atoms with Gasteiger partial charge < -0.3 is 10.3 Å². The van der Waals surface area contributed by atoms with Crippen molar-refractivity contribution >= 4 is 26.8 Å². The van der Waals surface area contributed by atoms with E-state index in [-0.39, 0.29) is 5.82 Å². The molecule has 0 saturated carbocycles. The predicted molar refractivity (Wildman–Crippen MR) is 99.7 cm³/mol. The van der Waals surface area contributed by atoms with Crippen LogP contribution in [0.25, 0.3) is 10.9 Å². The van der Waals surface area contributed by atoms with Crippen LogP contribution in [-0.2, 0) is 19.4 Å². The molecule has 0 fully saturated rings. The van der Waals surface area contributed by atoms with Crippen molar-refractivity contribution in [1.29, 1.82) is 0 Å². The zero-order chi connectivity index (χ0) is 16.7. The van der Waals surface area contributed by atoms with E-state index in [1.807, 2.05) is 6.07 Å². The zero-order valence-electron chi connectivity index (χ0n) is 13.4. The Kier molecular flexibility index (Phi) is 4.19. The third-order valence-corrected chi connectivity index (χ3v) is 5.59. The highest BCUT2D eigenvalue weighted by Crippen LogP contribution is 2.36. The van der Waals surface area contributed by atoms with E-state index < -0.39 is 0 Å². The normalized spacial score (nSPS) is 17.2.